The maximum absolute atomic E-state index is 9.47. The Morgan fingerprint density at radius 3 is 2.53 bits per heavy atom. The smallest absolute Gasteiger partial charge is 0.106 e. The van der Waals surface area contributed by atoms with Crippen molar-refractivity contribution in [2.45, 2.75) is 20.1 Å². The monoisotopic (exact) mass is 247 g/mol. The Kier molecular flexibility index (Phi) is 2.43. The third kappa shape index (κ3) is 1.35. The number of rotatable bonds is 2. The summed E-state index contributed by atoms with van der Waals surface area (Å²) in [6, 6.07) is 8.16. The quantitative estimate of drug-likeness (QED) is 0.730. The van der Waals surface area contributed by atoms with Crippen LogP contribution in [0.3, 0.4) is 0 Å². The van der Waals surface area contributed by atoms with Gasteiger partial charge in [-0.15, -0.1) is 11.3 Å². The lowest BCUT2D eigenvalue weighted by molar-refractivity contribution is 0.261. The standard InChI is InChI=1S/C13H13NO2S/c1-8-9(6-15)10(7-16)13-14(8)11-4-2-3-5-12(11)17-13/h2-5,15-16H,6-7H2,1H3. The Morgan fingerprint density at radius 2 is 1.82 bits per heavy atom. The molecule has 2 N–H and O–H groups in total. The molecule has 3 nitrogen and oxygen atoms in total. The highest BCUT2D eigenvalue weighted by Gasteiger charge is 2.17. The Balaban J connectivity index is 2.52. The number of hydrogen-bond acceptors (Lipinski definition) is 3. The van der Waals surface area contributed by atoms with E-state index < -0.39 is 0 Å². The van der Waals surface area contributed by atoms with Gasteiger partial charge in [0.1, 0.15) is 4.83 Å². The topological polar surface area (TPSA) is 44.9 Å². The van der Waals surface area contributed by atoms with Crippen molar-refractivity contribution in [1.82, 2.24) is 4.40 Å². The van der Waals surface area contributed by atoms with Crippen LogP contribution in [-0.2, 0) is 13.2 Å². The van der Waals surface area contributed by atoms with E-state index in [1.54, 1.807) is 11.3 Å². The molecule has 0 saturated carbocycles. The number of para-hydroxylation sites is 1. The van der Waals surface area contributed by atoms with E-state index in [0.717, 1.165) is 27.2 Å². The van der Waals surface area contributed by atoms with Crippen molar-refractivity contribution in [3.63, 3.8) is 0 Å². The summed E-state index contributed by atoms with van der Waals surface area (Å²) in [5.74, 6) is 0. The van der Waals surface area contributed by atoms with E-state index in [4.69, 9.17) is 0 Å². The molecule has 3 rings (SSSR count). The van der Waals surface area contributed by atoms with Gasteiger partial charge in [-0.05, 0) is 19.1 Å². The number of hydrogen-bond donors (Lipinski definition) is 2. The van der Waals surface area contributed by atoms with E-state index in [1.807, 2.05) is 19.1 Å². The summed E-state index contributed by atoms with van der Waals surface area (Å²) >= 11 is 1.66. The number of thiazole rings is 1. The molecular formula is C13H13NO2S. The van der Waals surface area contributed by atoms with E-state index in [-0.39, 0.29) is 13.2 Å². The summed E-state index contributed by atoms with van der Waals surface area (Å²) < 4.78 is 3.32. The fourth-order valence-corrected chi connectivity index (χ4v) is 3.63. The highest BCUT2D eigenvalue weighted by atomic mass is 32.1. The number of aryl methyl sites for hydroxylation is 1. The molecule has 4 heteroatoms. The van der Waals surface area contributed by atoms with Crippen LogP contribution in [0.1, 0.15) is 16.8 Å². The molecule has 2 aromatic heterocycles. The van der Waals surface area contributed by atoms with Gasteiger partial charge < -0.3 is 14.6 Å². The van der Waals surface area contributed by atoms with Crippen molar-refractivity contribution in [1.29, 1.82) is 0 Å². The van der Waals surface area contributed by atoms with Crippen LogP contribution in [0, 0.1) is 6.92 Å². The molecule has 0 aliphatic rings. The van der Waals surface area contributed by atoms with Gasteiger partial charge in [0.25, 0.3) is 0 Å². The Bertz CT molecular complexity index is 692. The van der Waals surface area contributed by atoms with Crippen LogP contribution in [0.2, 0.25) is 0 Å². The molecule has 0 aliphatic heterocycles. The van der Waals surface area contributed by atoms with Gasteiger partial charge >= 0.3 is 0 Å². The molecule has 0 radical (unpaired) electrons. The molecule has 1 aromatic carbocycles. The molecule has 0 bridgehead atoms. The van der Waals surface area contributed by atoms with Crippen LogP contribution in [-0.4, -0.2) is 14.6 Å². The van der Waals surface area contributed by atoms with E-state index in [1.165, 1.54) is 4.70 Å². The van der Waals surface area contributed by atoms with Gasteiger partial charge in [-0.1, -0.05) is 12.1 Å². The molecule has 88 valence electrons. The first-order valence-electron chi connectivity index (χ1n) is 5.50. The molecule has 0 fully saturated rings. The van der Waals surface area contributed by atoms with Crippen molar-refractivity contribution < 1.29 is 10.2 Å². The lowest BCUT2D eigenvalue weighted by atomic mass is 10.2. The number of aliphatic hydroxyl groups is 2. The van der Waals surface area contributed by atoms with Crippen molar-refractivity contribution in [3.8, 4) is 0 Å². The highest BCUT2D eigenvalue weighted by Crippen LogP contribution is 2.34. The van der Waals surface area contributed by atoms with Crippen molar-refractivity contribution in [2.24, 2.45) is 0 Å². The third-order valence-corrected chi connectivity index (χ3v) is 4.41. The largest absolute Gasteiger partial charge is 0.392 e. The van der Waals surface area contributed by atoms with E-state index in [0.29, 0.717) is 0 Å². The van der Waals surface area contributed by atoms with Crippen LogP contribution >= 0.6 is 11.3 Å². The van der Waals surface area contributed by atoms with Crippen molar-refractivity contribution >= 4 is 26.4 Å². The molecule has 2 heterocycles. The lowest BCUT2D eigenvalue weighted by Crippen LogP contribution is -1.91. The van der Waals surface area contributed by atoms with Crippen LogP contribution in [0.15, 0.2) is 24.3 Å². The Morgan fingerprint density at radius 1 is 1.12 bits per heavy atom. The second kappa shape index (κ2) is 3.84. The molecule has 0 spiro atoms. The molecule has 0 atom stereocenters. The molecule has 0 unspecified atom stereocenters. The summed E-state index contributed by atoms with van der Waals surface area (Å²) in [6.07, 6.45) is 0. The number of benzene rings is 1. The normalized spacial score (nSPS) is 11.7. The summed E-state index contributed by atoms with van der Waals surface area (Å²) in [7, 11) is 0. The van der Waals surface area contributed by atoms with E-state index in [2.05, 4.69) is 16.5 Å². The predicted molar refractivity (Wildman–Crippen MR) is 69.4 cm³/mol. The molecule has 17 heavy (non-hydrogen) atoms. The fourth-order valence-electron chi connectivity index (χ4n) is 2.37. The molecule has 3 aromatic rings. The minimum Gasteiger partial charge on any atom is -0.392 e. The zero-order chi connectivity index (χ0) is 12.0. The average Bonchev–Trinajstić information content (AvgIpc) is 2.84. The fraction of sp³-hybridized carbons (Fsp3) is 0.231. The zero-order valence-corrected chi connectivity index (χ0v) is 10.3. The summed E-state index contributed by atoms with van der Waals surface area (Å²) in [6.45, 7) is 1.93. The Hall–Kier alpha value is -1.36. The molecule has 0 amide bonds. The van der Waals surface area contributed by atoms with Gasteiger partial charge in [0.05, 0.1) is 23.4 Å². The lowest BCUT2D eigenvalue weighted by Gasteiger charge is -1.99. The van der Waals surface area contributed by atoms with E-state index >= 15 is 0 Å². The van der Waals surface area contributed by atoms with E-state index in [9.17, 15) is 10.2 Å². The molecule has 0 aliphatic carbocycles. The van der Waals surface area contributed by atoms with Crippen molar-refractivity contribution in [2.75, 3.05) is 0 Å². The minimum atomic E-state index is -0.0277. The van der Waals surface area contributed by atoms with Gasteiger partial charge in [0.2, 0.25) is 0 Å². The SMILES string of the molecule is Cc1c(CO)c(CO)c2sc3ccccc3n12. The first kappa shape index (κ1) is 10.8. The van der Waals surface area contributed by atoms with Gasteiger partial charge in [0.15, 0.2) is 0 Å². The maximum atomic E-state index is 9.47. The van der Waals surface area contributed by atoms with Crippen LogP contribution in [0.5, 0.6) is 0 Å². The zero-order valence-electron chi connectivity index (χ0n) is 9.47. The number of fused-ring (bicyclic) bond motifs is 3. The number of nitrogens with zero attached hydrogens (tertiary/aromatic N) is 1. The number of aromatic nitrogens is 1. The molecule has 0 saturated heterocycles. The number of aliphatic hydroxyl groups excluding tert-OH is 2. The second-order valence-electron chi connectivity index (χ2n) is 4.07. The first-order valence-corrected chi connectivity index (χ1v) is 6.31. The van der Waals surface area contributed by atoms with Gasteiger partial charge in [0, 0.05) is 16.8 Å². The van der Waals surface area contributed by atoms with Gasteiger partial charge in [-0.3, -0.25) is 0 Å². The second-order valence-corrected chi connectivity index (χ2v) is 5.10. The highest BCUT2D eigenvalue weighted by molar-refractivity contribution is 7.24. The van der Waals surface area contributed by atoms with Crippen LogP contribution in [0.25, 0.3) is 15.0 Å². The third-order valence-electron chi connectivity index (χ3n) is 3.23. The predicted octanol–water partition coefficient (Wildman–Crippen LogP) is 2.45. The molecular weight excluding hydrogens is 234 g/mol. The summed E-state index contributed by atoms with van der Waals surface area (Å²) in [4.78, 5) is 1.04. The first-order chi connectivity index (χ1) is 8.27. The van der Waals surface area contributed by atoms with Gasteiger partial charge in [-0.2, -0.15) is 0 Å². The summed E-state index contributed by atoms with van der Waals surface area (Å²) in [5, 5.41) is 18.9. The van der Waals surface area contributed by atoms with Crippen LogP contribution in [0.4, 0.5) is 0 Å². The Labute approximate surface area is 103 Å². The van der Waals surface area contributed by atoms with Crippen LogP contribution < -0.4 is 0 Å². The van der Waals surface area contributed by atoms with Gasteiger partial charge in [-0.25, -0.2) is 0 Å². The maximum Gasteiger partial charge on any atom is 0.106 e. The average molecular weight is 247 g/mol. The summed E-state index contributed by atoms with van der Waals surface area (Å²) in [5.41, 5.74) is 3.86. The minimum absolute atomic E-state index is 0.0234. The van der Waals surface area contributed by atoms with Crippen molar-refractivity contribution in [3.05, 3.63) is 41.1 Å².